The topological polar surface area (TPSA) is 77.1 Å². The third-order valence-corrected chi connectivity index (χ3v) is 27.8. The Balaban J connectivity index is 0.000000130. The number of hydrogen-bond acceptors (Lipinski definition) is 9. The number of nitrogens with zero attached hydrogens (tertiary/aromatic N) is 1. The number of benzene rings is 7. The van der Waals surface area contributed by atoms with Gasteiger partial charge < -0.3 is 38.1 Å². The Morgan fingerprint density at radius 2 is 0.632 bits per heavy atom. The normalized spacial score (nSPS) is 23.9. The molecule has 1 unspecified atom stereocenters. The quantitative estimate of drug-likeness (QED) is 0.118. The number of allylic oxidation sites excluding steroid dienone is 4. The zero-order valence-electron chi connectivity index (χ0n) is 72.2. The fourth-order valence-electron chi connectivity index (χ4n) is 18.3. The summed E-state index contributed by atoms with van der Waals surface area (Å²) >= 11 is 0. The highest BCUT2D eigenvalue weighted by atomic mass is 19.3. The van der Waals surface area contributed by atoms with E-state index in [1.54, 1.807) is 13.8 Å². The fraction of sp³-hybridized carbons (Fsp3) is 0.434. The Kier molecular flexibility index (Phi) is 22.3. The Bertz CT molecular complexity index is 5080. The summed E-state index contributed by atoms with van der Waals surface area (Å²) in [4.78, 5) is 2.35. The van der Waals surface area contributed by atoms with Gasteiger partial charge in [0.25, 0.3) is 0 Å². The second kappa shape index (κ2) is 29.9. The van der Waals surface area contributed by atoms with Crippen molar-refractivity contribution in [2.24, 2.45) is 16.2 Å². The molecule has 4 spiro atoms. The van der Waals surface area contributed by atoms with Crippen molar-refractivity contribution in [1.82, 2.24) is 0 Å². The van der Waals surface area contributed by atoms with Crippen LogP contribution in [0, 0.1) is 16.2 Å². The monoisotopic (exact) mass is 1610 g/mol. The number of ether oxygens (including phenoxy) is 8. The lowest BCUT2D eigenvalue weighted by Crippen LogP contribution is -2.40. The number of anilines is 3. The van der Waals surface area contributed by atoms with Crippen molar-refractivity contribution in [2.45, 2.75) is 262 Å². The maximum atomic E-state index is 13.1. The van der Waals surface area contributed by atoms with E-state index in [2.05, 4.69) is 282 Å². The highest BCUT2D eigenvalue weighted by molar-refractivity contribution is 5.87. The van der Waals surface area contributed by atoms with Gasteiger partial charge in [-0.2, -0.15) is 35.1 Å². The molecule has 18 rings (SSSR count). The van der Waals surface area contributed by atoms with Crippen LogP contribution in [-0.4, -0.2) is 46.9 Å². The molecule has 18 heteroatoms. The summed E-state index contributed by atoms with van der Waals surface area (Å²) in [7, 11) is 0. The van der Waals surface area contributed by atoms with E-state index in [0.717, 1.165) is 54.8 Å². The van der Waals surface area contributed by atoms with E-state index in [0.29, 0.717) is 11.3 Å². The Hall–Kier alpha value is -9.23. The highest BCUT2D eigenvalue weighted by Crippen LogP contribution is 2.66. The third kappa shape index (κ3) is 13.8. The molecule has 11 aliphatic rings. The molecule has 9 aliphatic heterocycles. The van der Waals surface area contributed by atoms with Gasteiger partial charge in [-0.1, -0.05) is 167 Å². The first-order valence-electron chi connectivity index (χ1n) is 40.2. The molecule has 0 saturated heterocycles. The average molecular weight is 1610 g/mol. The average Bonchev–Trinajstić information content (AvgIpc) is 1.71. The van der Waals surface area contributed by atoms with Gasteiger partial charge in [-0.15, -0.1) is 0 Å². The van der Waals surface area contributed by atoms with Crippen molar-refractivity contribution in [3.8, 4) is 22.6 Å². The summed E-state index contributed by atoms with van der Waals surface area (Å²) in [6.45, 7) is 46.9. The van der Waals surface area contributed by atoms with Gasteiger partial charge in [0.1, 0.15) is 34.1 Å². The summed E-state index contributed by atoms with van der Waals surface area (Å²) in [5.41, 5.74) is 14.9. The predicted octanol–water partition coefficient (Wildman–Crippen LogP) is 29.0. The van der Waals surface area contributed by atoms with Gasteiger partial charge in [-0.25, -0.2) is 9.13 Å². The summed E-state index contributed by atoms with van der Waals surface area (Å²) in [5, 5.41) is 0. The Morgan fingerprint density at radius 1 is 0.291 bits per heavy atom. The molecule has 9 heterocycles. The van der Waals surface area contributed by atoms with E-state index < -0.39 is 57.9 Å². The maximum absolute atomic E-state index is 13.1. The van der Waals surface area contributed by atoms with Crippen molar-refractivity contribution in [3.63, 3.8) is 0 Å². The third-order valence-electron chi connectivity index (χ3n) is 27.8. The van der Waals surface area contributed by atoms with E-state index in [4.69, 9.17) is 23.7 Å². The van der Waals surface area contributed by atoms with Crippen LogP contribution in [0.3, 0.4) is 0 Å². The van der Waals surface area contributed by atoms with E-state index in [1.807, 2.05) is 24.3 Å². The largest absolute Gasteiger partial charge is 0.491 e. The van der Waals surface area contributed by atoms with Crippen LogP contribution in [0.25, 0.3) is 11.1 Å². The minimum atomic E-state index is -3.81. The zero-order chi connectivity index (χ0) is 86.2. The number of fused-ring (bicyclic) bond motifs is 13. The first-order chi connectivity index (χ1) is 54.3. The fourth-order valence-corrected chi connectivity index (χ4v) is 18.3. The molecule has 9 nitrogen and oxygen atoms in total. The molecule has 7 aromatic rings. The highest BCUT2D eigenvalue weighted by Gasteiger charge is 2.64. The molecule has 0 N–H and O–H groups in total. The van der Waals surface area contributed by atoms with Crippen LogP contribution in [0.2, 0.25) is 0 Å². The van der Waals surface area contributed by atoms with E-state index in [9.17, 15) is 39.5 Å². The second-order valence-corrected chi connectivity index (χ2v) is 35.3. The number of para-hydroxylation sites is 5. The minimum Gasteiger partial charge on any atom is -0.491 e. The molecule has 1 fully saturated rings. The van der Waals surface area contributed by atoms with E-state index in [1.165, 1.54) is 137 Å². The summed E-state index contributed by atoms with van der Waals surface area (Å²) in [6, 6.07) is 61.6. The second-order valence-electron chi connectivity index (χ2n) is 35.3. The number of rotatable bonds is 1. The smallest absolute Gasteiger partial charge is 0.436 e. The zero-order valence-corrected chi connectivity index (χ0v) is 72.2. The molecule has 0 bridgehead atoms. The van der Waals surface area contributed by atoms with Crippen molar-refractivity contribution < 1.29 is 77.4 Å². The van der Waals surface area contributed by atoms with Crippen molar-refractivity contribution in [1.29, 1.82) is 0 Å². The summed E-state index contributed by atoms with van der Waals surface area (Å²) in [5.74, 6) is 4.32. The van der Waals surface area contributed by atoms with Crippen LogP contribution in [-0.2, 0) is 50.0 Å². The Labute approximate surface area is 685 Å². The molecule has 0 amide bonds. The molecule has 624 valence electrons. The first-order valence-corrected chi connectivity index (χ1v) is 40.2. The van der Waals surface area contributed by atoms with Crippen LogP contribution in [0.15, 0.2) is 255 Å². The Morgan fingerprint density at radius 3 is 0.949 bits per heavy atom. The molecule has 0 radical (unpaired) electrons. The van der Waals surface area contributed by atoms with Gasteiger partial charge in [0.15, 0.2) is 5.60 Å². The molecule has 0 aromatic heterocycles. The van der Waals surface area contributed by atoms with Crippen LogP contribution in [0.4, 0.5) is 56.6 Å². The van der Waals surface area contributed by atoms with Gasteiger partial charge in [0.2, 0.25) is 5.67 Å². The molecule has 1 atom stereocenters. The standard InChI is InChI=1S/C26H25NO.C20H20O2.C20H20O.C12H20O.C8H12F2O.C7H9F3O.C6H6F4O/c1-18-19(2)26(28-25(18,3)4)21-14-8-10-16-23(21)27(20-12-6-5-7-13-20)24-17-11-9-15-22(24)26;1-13-14(2)20(22-19(13,3)4)15-9-5-7-11-17(15)21-18-12-8-6-10-16(18)20;1-13-14(2)21-20(19(13,3)4)17-11-7-5-9-15(17)16-10-6-8-12-18(16)20;1-9-10(2)13-12(11(9,3)4)7-5-6-8-12;1-5-6(2)11-8(9,10)7(5,3)4;1-4-5(2)11-7(9,10)6(4,3)8;1-3-4(2)6(9,10)11-5(3,7)8/h5-17H,1-4H3;5-12H,1-4H3;5-12H,1-4H3;5-8H2,1-4H3;1-4H3;1-3H3;1-2H3. The molecular formula is C99H112F9NO8. The van der Waals surface area contributed by atoms with Crippen LogP contribution < -0.4 is 9.64 Å². The van der Waals surface area contributed by atoms with Crippen molar-refractivity contribution >= 4 is 17.1 Å². The number of alkyl halides is 9. The molecule has 2 aliphatic carbocycles. The summed E-state index contributed by atoms with van der Waals surface area (Å²) < 4.78 is 158. The van der Waals surface area contributed by atoms with Gasteiger partial charge in [0, 0.05) is 66.6 Å². The first kappa shape index (κ1) is 87.1. The van der Waals surface area contributed by atoms with E-state index >= 15 is 0 Å². The van der Waals surface area contributed by atoms with Gasteiger partial charge in [-0.05, 0) is 258 Å². The molecule has 7 aromatic carbocycles. The van der Waals surface area contributed by atoms with Crippen LogP contribution in [0.1, 0.15) is 232 Å². The lowest BCUT2D eigenvalue weighted by atomic mass is 9.67. The lowest BCUT2D eigenvalue weighted by Gasteiger charge is -2.45. The van der Waals surface area contributed by atoms with E-state index in [-0.39, 0.29) is 44.6 Å². The SMILES string of the molecule is CC1=C(C)C(C)(C)C(F)(F)O1.CC1=C(C)C(C)(C)C2(CCCC2)O1.CC1=C(C)C(C)(C)C2(O1)c1ccccc1-c1ccccc12.CC1=C(C)C(C)(F)C(F)(F)O1.CC1=C(C)C(F)(F)OC1(F)F.CC1=C(C)C2(OC1(C)C)c1ccccc1N(c1ccccc1)c1ccccc12.CC1=C(C)C2(OC1(C)C)c1ccccc1Oc1ccccc12. The molecule has 117 heavy (non-hydrogen) atoms. The van der Waals surface area contributed by atoms with Crippen LogP contribution >= 0.6 is 0 Å². The van der Waals surface area contributed by atoms with Gasteiger partial charge in [0.05, 0.1) is 45.3 Å². The molecule has 1 saturated carbocycles. The van der Waals surface area contributed by atoms with Crippen LogP contribution in [0.5, 0.6) is 11.5 Å². The number of hydrogen-bond donors (Lipinski definition) is 0. The molecular weight excluding hydrogens is 1500 g/mol. The van der Waals surface area contributed by atoms with Gasteiger partial charge >= 0.3 is 24.4 Å². The van der Waals surface area contributed by atoms with Crippen molar-refractivity contribution in [3.05, 3.63) is 288 Å². The predicted molar refractivity (Wildman–Crippen MR) is 445 cm³/mol. The summed E-state index contributed by atoms with van der Waals surface area (Å²) in [6.07, 6.45) is -9.21. The number of halogens is 9. The maximum Gasteiger partial charge on any atom is 0.436 e. The van der Waals surface area contributed by atoms with Crippen molar-refractivity contribution in [2.75, 3.05) is 4.90 Å². The van der Waals surface area contributed by atoms with Gasteiger partial charge in [-0.3, -0.25) is 0 Å². The minimum absolute atomic E-state index is 0.0278. The lowest BCUT2D eigenvalue weighted by molar-refractivity contribution is -0.322.